The van der Waals surface area contributed by atoms with Gasteiger partial charge >= 0.3 is 0 Å². The normalized spacial score (nSPS) is 14.3. The maximum atomic E-state index is 5.75. The number of hydrogen-bond donors (Lipinski definition) is 1. The lowest BCUT2D eigenvalue weighted by Crippen LogP contribution is -1.99. The largest absolute Gasteiger partial charge is 0.369 e. The summed E-state index contributed by atoms with van der Waals surface area (Å²) in [6.07, 6.45) is 1.10. The predicted molar refractivity (Wildman–Crippen MR) is 47.8 cm³/mol. The van der Waals surface area contributed by atoms with Gasteiger partial charge in [-0.15, -0.1) is 0 Å². The second-order valence-electron chi connectivity index (χ2n) is 3.16. The molecule has 0 aliphatic carbocycles. The molecule has 0 saturated carbocycles. The molecule has 0 amide bonds. The zero-order valence-corrected chi connectivity index (χ0v) is 6.62. The number of imidazole rings is 1. The van der Waals surface area contributed by atoms with Gasteiger partial charge in [0.15, 0.2) is 0 Å². The Bertz CT molecular complexity index is 456. The minimum Gasteiger partial charge on any atom is -0.369 e. The van der Waals surface area contributed by atoms with Gasteiger partial charge in [-0.25, -0.2) is 4.98 Å². The van der Waals surface area contributed by atoms with E-state index in [0.717, 1.165) is 18.5 Å². The highest BCUT2D eigenvalue weighted by Gasteiger charge is 2.16. The molecular weight excluding hydrogens is 150 g/mol. The molecule has 2 heterocycles. The first kappa shape index (κ1) is 6.06. The molecule has 3 nitrogen and oxygen atoms in total. The Morgan fingerprint density at radius 2 is 2.33 bits per heavy atom. The van der Waals surface area contributed by atoms with Crippen LogP contribution in [0.4, 0.5) is 5.95 Å². The predicted octanol–water partition coefficient (Wildman–Crippen LogP) is 1.17. The molecule has 0 fully saturated rings. The van der Waals surface area contributed by atoms with Crippen molar-refractivity contribution in [3.8, 4) is 0 Å². The molecule has 0 radical (unpaired) electrons. The number of aryl methyl sites for hydroxylation is 2. The number of benzene rings is 1. The Morgan fingerprint density at radius 1 is 1.42 bits per heavy atom. The van der Waals surface area contributed by atoms with Gasteiger partial charge in [0.25, 0.3) is 0 Å². The van der Waals surface area contributed by atoms with Crippen molar-refractivity contribution in [2.45, 2.75) is 13.0 Å². The van der Waals surface area contributed by atoms with Crippen LogP contribution in [0.1, 0.15) is 5.56 Å². The average molecular weight is 159 g/mol. The van der Waals surface area contributed by atoms with Gasteiger partial charge in [0.2, 0.25) is 5.95 Å². The standard InChI is InChI=1S/C9H9N3/c10-9-11-7-3-1-2-6-4-5-12(9)8(6)7/h1-3H,4-5H2,(H2,10,11). The Hall–Kier alpha value is -1.51. The molecule has 0 atom stereocenters. The summed E-state index contributed by atoms with van der Waals surface area (Å²) in [6.45, 7) is 0.988. The molecule has 2 aromatic rings. The third kappa shape index (κ3) is 0.548. The van der Waals surface area contributed by atoms with E-state index in [1.54, 1.807) is 0 Å². The molecule has 0 unspecified atom stereocenters. The van der Waals surface area contributed by atoms with Gasteiger partial charge in [-0.05, 0) is 18.1 Å². The number of nitrogen functional groups attached to an aromatic ring is 1. The summed E-state index contributed by atoms with van der Waals surface area (Å²) in [6, 6.07) is 6.20. The summed E-state index contributed by atoms with van der Waals surface area (Å²) < 4.78 is 2.09. The van der Waals surface area contributed by atoms with Gasteiger partial charge in [-0.2, -0.15) is 0 Å². The highest BCUT2D eigenvalue weighted by molar-refractivity contribution is 5.83. The average Bonchev–Trinajstić information content (AvgIpc) is 2.60. The zero-order valence-electron chi connectivity index (χ0n) is 6.62. The number of anilines is 1. The summed E-state index contributed by atoms with van der Waals surface area (Å²) in [5.74, 6) is 0.648. The third-order valence-corrected chi connectivity index (χ3v) is 2.48. The van der Waals surface area contributed by atoms with Crippen LogP contribution in [0, 0.1) is 0 Å². The van der Waals surface area contributed by atoms with Gasteiger partial charge in [0, 0.05) is 6.54 Å². The van der Waals surface area contributed by atoms with Crippen molar-refractivity contribution < 1.29 is 0 Å². The Morgan fingerprint density at radius 3 is 3.25 bits per heavy atom. The number of nitrogens with two attached hydrogens (primary N) is 1. The topological polar surface area (TPSA) is 43.8 Å². The van der Waals surface area contributed by atoms with Gasteiger partial charge in [0.1, 0.15) is 0 Å². The minimum atomic E-state index is 0.648. The molecule has 0 saturated heterocycles. The van der Waals surface area contributed by atoms with Crippen molar-refractivity contribution in [1.29, 1.82) is 0 Å². The van der Waals surface area contributed by atoms with E-state index >= 15 is 0 Å². The summed E-state index contributed by atoms with van der Waals surface area (Å²) in [7, 11) is 0. The van der Waals surface area contributed by atoms with Crippen LogP contribution in [-0.4, -0.2) is 9.55 Å². The molecule has 3 rings (SSSR count). The van der Waals surface area contributed by atoms with Gasteiger partial charge < -0.3 is 10.3 Å². The first-order valence-corrected chi connectivity index (χ1v) is 4.10. The molecule has 1 aromatic heterocycles. The van der Waals surface area contributed by atoms with Crippen molar-refractivity contribution in [3.63, 3.8) is 0 Å². The van der Waals surface area contributed by atoms with Crippen LogP contribution in [0.15, 0.2) is 18.2 Å². The Kier molecular flexibility index (Phi) is 0.909. The molecular formula is C9H9N3. The lowest BCUT2D eigenvalue weighted by molar-refractivity contribution is 0.772. The second-order valence-corrected chi connectivity index (χ2v) is 3.16. The van der Waals surface area contributed by atoms with Crippen LogP contribution >= 0.6 is 0 Å². The molecule has 12 heavy (non-hydrogen) atoms. The van der Waals surface area contributed by atoms with Crippen LogP contribution in [0.5, 0.6) is 0 Å². The van der Waals surface area contributed by atoms with Crippen LogP contribution in [-0.2, 0) is 13.0 Å². The van der Waals surface area contributed by atoms with Crippen LogP contribution in [0.25, 0.3) is 11.0 Å². The fourth-order valence-corrected chi connectivity index (χ4v) is 1.94. The van der Waals surface area contributed by atoms with E-state index < -0.39 is 0 Å². The molecule has 0 spiro atoms. The number of hydrogen-bond acceptors (Lipinski definition) is 2. The number of nitrogens with zero attached hydrogens (tertiary/aromatic N) is 2. The van der Waals surface area contributed by atoms with Crippen molar-refractivity contribution in [2.75, 3.05) is 5.73 Å². The third-order valence-electron chi connectivity index (χ3n) is 2.48. The first-order valence-electron chi connectivity index (χ1n) is 4.10. The maximum absolute atomic E-state index is 5.75. The molecule has 0 bridgehead atoms. The molecule has 1 aliphatic heterocycles. The molecule has 1 aromatic carbocycles. The summed E-state index contributed by atoms with van der Waals surface area (Å²) in [4.78, 5) is 4.27. The van der Waals surface area contributed by atoms with Gasteiger partial charge in [-0.3, -0.25) is 0 Å². The lowest BCUT2D eigenvalue weighted by Gasteiger charge is -1.93. The van der Waals surface area contributed by atoms with Crippen LogP contribution < -0.4 is 5.73 Å². The van der Waals surface area contributed by atoms with E-state index in [1.807, 2.05) is 12.1 Å². The molecule has 60 valence electrons. The number of aromatic nitrogens is 2. The van der Waals surface area contributed by atoms with E-state index in [2.05, 4.69) is 15.6 Å². The highest BCUT2D eigenvalue weighted by Crippen LogP contribution is 2.27. The van der Waals surface area contributed by atoms with E-state index in [-0.39, 0.29) is 0 Å². The zero-order chi connectivity index (χ0) is 8.13. The monoisotopic (exact) mass is 159 g/mol. The SMILES string of the molecule is Nc1nc2cccc3c2n1CC3. The minimum absolute atomic E-state index is 0.648. The van der Waals surface area contributed by atoms with Gasteiger partial charge in [-0.1, -0.05) is 12.1 Å². The maximum Gasteiger partial charge on any atom is 0.201 e. The number of para-hydroxylation sites is 1. The van der Waals surface area contributed by atoms with E-state index in [1.165, 1.54) is 11.1 Å². The van der Waals surface area contributed by atoms with E-state index in [0.29, 0.717) is 5.95 Å². The summed E-state index contributed by atoms with van der Waals surface area (Å²) >= 11 is 0. The van der Waals surface area contributed by atoms with Crippen LogP contribution in [0.2, 0.25) is 0 Å². The summed E-state index contributed by atoms with van der Waals surface area (Å²) in [5.41, 5.74) is 9.38. The smallest absolute Gasteiger partial charge is 0.201 e. The second kappa shape index (κ2) is 1.80. The van der Waals surface area contributed by atoms with Crippen molar-refractivity contribution in [3.05, 3.63) is 23.8 Å². The van der Waals surface area contributed by atoms with Crippen LogP contribution in [0.3, 0.4) is 0 Å². The fraction of sp³-hybridized carbons (Fsp3) is 0.222. The molecule has 2 N–H and O–H groups in total. The molecule has 1 aliphatic rings. The number of rotatable bonds is 0. The molecule has 3 heteroatoms. The highest BCUT2D eigenvalue weighted by atomic mass is 15.2. The van der Waals surface area contributed by atoms with E-state index in [9.17, 15) is 0 Å². The Labute approximate surface area is 69.8 Å². The van der Waals surface area contributed by atoms with Gasteiger partial charge in [0.05, 0.1) is 11.0 Å². The summed E-state index contributed by atoms with van der Waals surface area (Å²) in [5, 5.41) is 0. The van der Waals surface area contributed by atoms with Crippen molar-refractivity contribution in [1.82, 2.24) is 9.55 Å². The first-order chi connectivity index (χ1) is 5.86. The quantitative estimate of drug-likeness (QED) is 0.627. The Balaban J connectivity index is 2.59. The van der Waals surface area contributed by atoms with Crippen molar-refractivity contribution in [2.24, 2.45) is 0 Å². The van der Waals surface area contributed by atoms with E-state index in [4.69, 9.17) is 5.73 Å². The van der Waals surface area contributed by atoms with Crippen molar-refractivity contribution >= 4 is 17.0 Å². The lowest BCUT2D eigenvalue weighted by atomic mass is 10.2. The fourth-order valence-electron chi connectivity index (χ4n) is 1.94.